The number of carboxylic acid groups (broad SMARTS) is 1. The zero-order chi connectivity index (χ0) is 13.0. The smallest absolute Gasteiger partial charge is 0.305 e. The van der Waals surface area contributed by atoms with Crippen LogP contribution in [0.15, 0.2) is 21.9 Å². The lowest BCUT2D eigenvalue weighted by molar-refractivity contribution is -0.137. The van der Waals surface area contributed by atoms with Gasteiger partial charge in [0, 0.05) is 15.8 Å². The van der Waals surface area contributed by atoms with Crippen LogP contribution in [0.2, 0.25) is 0 Å². The Morgan fingerprint density at radius 3 is 2.41 bits per heavy atom. The molecule has 1 unspecified atom stereocenters. The van der Waals surface area contributed by atoms with Gasteiger partial charge in [-0.25, -0.2) is 0 Å². The molecule has 0 saturated heterocycles. The number of aliphatic carboxylic acids is 1. The van der Waals surface area contributed by atoms with Gasteiger partial charge in [0.15, 0.2) is 0 Å². The fourth-order valence-electron chi connectivity index (χ4n) is 1.66. The van der Waals surface area contributed by atoms with Crippen molar-refractivity contribution in [3.63, 3.8) is 0 Å². The number of hydrogen-bond acceptors (Lipinski definition) is 4. The maximum atomic E-state index is 10.7. The molecule has 1 atom stereocenters. The van der Waals surface area contributed by atoms with E-state index in [1.807, 2.05) is 18.6 Å². The number of benzene rings is 1. The fourth-order valence-corrected chi connectivity index (χ4v) is 3.03. The highest BCUT2D eigenvalue weighted by molar-refractivity contribution is 7.99. The van der Waals surface area contributed by atoms with Gasteiger partial charge in [-0.05, 0) is 42.7 Å². The van der Waals surface area contributed by atoms with E-state index >= 15 is 0 Å². The third-order valence-electron chi connectivity index (χ3n) is 2.54. The first-order valence-corrected chi connectivity index (χ1v) is 7.64. The number of carbonyl (C=O) groups is 1. The highest BCUT2D eigenvalue weighted by Crippen LogP contribution is 2.32. The number of hydrogen-bond donors (Lipinski definition) is 2. The Kier molecular flexibility index (Phi) is 5.36. The molecule has 0 aliphatic carbocycles. The van der Waals surface area contributed by atoms with Crippen LogP contribution in [-0.4, -0.2) is 23.6 Å². The van der Waals surface area contributed by atoms with Gasteiger partial charge in [-0.3, -0.25) is 4.79 Å². The minimum absolute atomic E-state index is 0.0373. The van der Waals surface area contributed by atoms with Crippen LogP contribution < -0.4 is 5.73 Å². The molecular formula is C12H17NO2S2. The van der Waals surface area contributed by atoms with Gasteiger partial charge in [-0.15, -0.1) is 23.5 Å². The molecule has 0 spiro atoms. The third kappa shape index (κ3) is 3.66. The van der Waals surface area contributed by atoms with E-state index in [2.05, 4.69) is 13.0 Å². The fraction of sp³-hybridized carbons (Fsp3) is 0.417. The van der Waals surface area contributed by atoms with Gasteiger partial charge in [0.05, 0.1) is 6.42 Å². The van der Waals surface area contributed by atoms with Gasteiger partial charge in [0.2, 0.25) is 0 Å². The Labute approximate surface area is 110 Å². The summed E-state index contributed by atoms with van der Waals surface area (Å²) >= 11 is 3.25. The summed E-state index contributed by atoms with van der Waals surface area (Å²) in [5.74, 6) is -0.865. The third-order valence-corrected chi connectivity index (χ3v) is 4.21. The normalized spacial score (nSPS) is 12.5. The molecule has 94 valence electrons. The molecule has 0 heterocycles. The quantitative estimate of drug-likeness (QED) is 0.806. The minimum Gasteiger partial charge on any atom is -0.481 e. The number of thioether (sulfide) groups is 2. The molecular weight excluding hydrogens is 254 g/mol. The van der Waals surface area contributed by atoms with Crippen molar-refractivity contribution in [3.05, 3.63) is 23.3 Å². The summed E-state index contributed by atoms with van der Waals surface area (Å²) < 4.78 is 0. The van der Waals surface area contributed by atoms with Crippen LogP contribution in [0, 0.1) is 6.92 Å². The van der Waals surface area contributed by atoms with Gasteiger partial charge >= 0.3 is 5.97 Å². The number of aryl methyl sites for hydroxylation is 1. The lowest BCUT2D eigenvalue weighted by atomic mass is 10.0. The molecule has 1 rings (SSSR count). The molecule has 0 amide bonds. The summed E-state index contributed by atoms with van der Waals surface area (Å²) in [6.45, 7) is 2.05. The summed E-state index contributed by atoms with van der Waals surface area (Å²) in [6.07, 6.45) is 3.95. The van der Waals surface area contributed by atoms with Gasteiger partial charge in [-0.2, -0.15) is 0 Å². The second kappa shape index (κ2) is 6.33. The SMILES string of the molecule is CSc1cc(C(N)CC(=O)O)c(SC)cc1C. The van der Waals surface area contributed by atoms with Crippen molar-refractivity contribution in [2.24, 2.45) is 5.73 Å². The van der Waals surface area contributed by atoms with Crippen LogP contribution in [0.25, 0.3) is 0 Å². The maximum absolute atomic E-state index is 10.7. The topological polar surface area (TPSA) is 63.3 Å². The molecule has 5 heteroatoms. The average molecular weight is 271 g/mol. The van der Waals surface area contributed by atoms with E-state index in [0.29, 0.717) is 0 Å². The van der Waals surface area contributed by atoms with Crippen molar-refractivity contribution in [1.29, 1.82) is 0 Å². The minimum atomic E-state index is -0.865. The molecule has 0 aliphatic heterocycles. The van der Waals surface area contributed by atoms with Crippen molar-refractivity contribution in [2.75, 3.05) is 12.5 Å². The Morgan fingerprint density at radius 2 is 1.94 bits per heavy atom. The monoisotopic (exact) mass is 271 g/mol. The van der Waals surface area contributed by atoms with E-state index in [0.717, 1.165) is 15.4 Å². The van der Waals surface area contributed by atoms with Crippen molar-refractivity contribution in [3.8, 4) is 0 Å². The summed E-state index contributed by atoms with van der Waals surface area (Å²) in [5.41, 5.74) is 8.07. The van der Waals surface area contributed by atoms with Gasteiger partial charge in [0.1, 0.15) is 0 Å². The van der Waals surface area contributed by atoms with E-state index in [9.17, 15) is 4.79 Å². The molecule has 0 saturated carbocycles. The van der Waals surface area contributed by atoms with Crippen LogP contribution in [0.3, 0.4) is 0 Å². The first-order chi connectivity index (χ1) is 7.99. The number of nitrogens with two attached hydrogens (primary N) is 1. The van der Waals surface area contributed by atoms with Crippen LogP contribution in [0.1, 0.15) is 23.6 Å². The Bertz CT molecular complexity index is 421. The number of rotatable bonds is 5. The first-order valence-electron chi connectivity index (χ1n) is 5.19. The summed E-state index contributed by atoms with van der Waals surface area (Å²) in [6, 6.07) is 3.65. The zero-order valence-electron chi connectivity index (χ0n) is 10.2. The van der Waals surface area contributed by atoms with Gasteiger partial charge in [-0.1, -0.05) is 0 Å². The van der Waals surface area contributed by atoms with Gasteiger partial charge in [0.25, 0.3) is 0 Å². The maximum Gasteiger partial charge on any atom is 0.305 e. The molecule has 0 radical (unpaired) electrons. The van der Waals surface area contributed by atoms with Crippen molar-refractivity contribution >= 4 is 29.5 Å². The van der Waals surface area contributed by atoms with E-state index < -0.39 is 12.0 Å². The standard InChI is InChI=1S/C12H17NO2S2/c1-7-4-11(17-3)8(5-10(7)16-2)9(13)6-12(14)15/h4-5,9H,6,13H2,1-3H3,(H,14,15). The second-order valence-corrected chi connectivity index (χ2v) is 5.46. The second-order valence-electron chi connectivity index (χ2n) is 3.77. The number of carboxylic acids is 1. The predicted octanol–water partition coefficient (Wildman–Crippen LogP) is 2.91. The predicted molar refractivity (Wildman–Crippen MR) is 73.9 cm³/mol. The van der Waals surface area contributed by atoms with E-state index in [-0.39, 0.29) is 6.42 Å². The average Bonchev–Trinajstić information content (AvgIpc) is 2.27. The summed E-state index contributed by atoms with van der Waals surface area (Å²) in [5, 5.41) is 8.80. The summed E-state index contributed by atoms with van der Waals surface area (Å²) in [7, 11) is 0. The zero-order valence-corrected chi connectivity index (χ0v) is 11.8. The molecule has 17 heavy (non-hydrogen) atoms. The molecule has 1 aromatic rings. The van der Waals surface area contributed by atoms with Crippen LogP contribution in [0.5, 0.6) is 0 Å². The van der Waals surface area contributed by atoms with Crippen LogP contribution in [0.4, 0.5) is 0 Å². The lowest BCUT2D eigenvalue weighted by Gasteiger charge is -2.16. The Balaban J connectivity index is 3.15. The molecule has 3 nitrogen and oxygen atoms in total. The van der Waals surface area contributed by atoms with E-state index in [4.69, 9.17) is 10.8 Å². The van der Waals surface area contributed by atoms with Crippen LogP contribution >= 0.6 is 23.5 Å². The molecule has 0 aromatic heterocycles. The molecule has 3 N–H and O–H groups in total. The van der Waals surface area contributed by atoms with Crippen molar-refractivity contribution in [2.45, 2.75) is 29.2 Å². The van der Waals surface area contributed by atoms with Crippen LogP contribution in [-0.2, 0) is 4.79 Å². The van der Waals surface area contributed by atoms with Crippen molar-refractivity contribution < 1.29 is 9.90 Å². The molecule has 0 aliphatic rings. The lowest BCUT2D eigenvalue weighted by Crippen LogP contribution is -2.16. The van der Waals surface area contributed by atoms with E-state index in [1.54, 1.807) is 23.5 Å². The van der Waals surface area contributed by atoms with Gasteiger partial charge < -0.3 is 10.8 Å². The van der Waals surface area contributed by atoms with E-state index in [1.165, 1.54) is 5.56 Å². The highest BCUT2D eigenvalue weighted by atomic mass is 32.2. The first kappa shape index (κ1) is 14.4. The molecule has 0 bridgehead atoms. The largest absolute Gasteiger partial charge is 0.481 e. The Hall–Kier alpha value is -0.650. The Morgan fingerprint density at radius 1 is 1.35 bits per heavy atom. The highest BCUT2D eigenvalue weighted by Gasteiger charge is 2.16. The summed E-state index contributed by atoms with van der Waals surface area (Å²) in [4.78, 5) is 12.9. The molecule has 1 aromatic carbocycles. The van der Waals surface area contributed by atoms with Crippen molar-refractivity contribution in [1.82, 2.24) is 0 Å². The molecule has 0 fully saturated rings.